The van der Waals surface area contributed by atoms with Crippen molar-refractivity contribution in [3.8, 4) is 0 Å². The lowest BCUT2D eigenvalue weighted by Crippen LogP contribution is -2.24. The molecule has 0 aliphatic heterocycles. The molecule has 0 aliphatic carbocycles. The van der Waals surface area contributed by atoms with Gasteiger partial charge in [-0.25, -0.2) is 0 Å². The van der Waals surface area contributed by atoms with Crippen molar-refractivity contribution in [3.05, 3.63) is 12.8 Å². The first-order valence-corrected chi connectivity index (χ1v) is 2.87. The van der Waals surface area contributed by atoms with Crippen LogP contribution in [0.4, 0.5) is 0 Å². The van der Waals surface area contributed by atoms with Crippen LogP contribution in [0.3, 0.4) is 0 Å². The van der Waals surface area contributed by atoms with E-state index in [-0.39, 0.29) is 0 Å². The van der Waals surface area contributed by atoms with Gasteiger partial charge >= 0.3 is 0 Å². The molecule has 0 saturated heterocycles. The van der Waals surface area contributed by atoms with Crippen LogP contribution in [0, 0.1) is 5.92 Å². The van der Waals surface area contributed by atoms with E-state index in [0.29, 0.717) is 5.92 Å². The summed E-state index contributed by atoms with van der Waals surface area (Å²) in [6.45, 7) is 7.49. The minimum atomic E-state index is 0.327. The summed E-state index contributed by atoms with van der Waals surface area (Å²) < 4.78 is 0. The lowest BCUT2D eigenvalue weighted by Gasteiger charge is -2.06. The molecule has 0 aromatic rings. The molecule has 0 aromatic carbocycles. The summed E-state index contributed by atoms with van der Waals surface area (Å²) in [6, 6.07) is 0. The first kappa shape index (κ1) is 8.01. The quantitative estimate of drug-likeness (QED) is 0.247. The fourth-order valence-electron chi connectivity index (χ4n) is 0.458. The van der Waals surface area contributed by atoms with E-state index in [0.717, 1.165) is 5.84 Å². The molecule has 0 radical (unpaired) electrons. The molecule has 0 spiro atoms. The Morgan fingerprint density at radius 2 is 2.33 bits per heavy atom. The molecule has 3 nitrogen and oxygen atoms in total. The molecule has 3 N–H and O–H groups in total. The van der Waals surface area contributed by atoms with Gasteiger partial charge in [0, 0.05) is 5.92 Å². The molecule has 0 rings (SSSR count). The molecular weight excluding hydrogens is 114 g/mol. The predicted molar refractivity (Wildman–Crippen MR) is 39.8 cm³/mol. The van der Waals surface area contributed by atoms with E-state index in [4.69, 9.17) is 5.84 Å². The Morgan fingerprint density at radius 1 is 1.78 bits per heavy atom. The van der Waals surface area contributed by atoms with Gasteiger partial charge in [-0.2, -0.15) is 5.10 Å². The number of nitrogens with one attached hydrogen (secondary N) is 1. The van der Waals surface area contributed by atoms with Gasteiger partial charge in [-0.3, -0.25) is 0 Å². The highest BCUT2D eigenvalue weighted by molar-refractivity contribution is 5.84. The second-order valence-corrected chi connectivity index (χ2v) is 2.02. The molecule has 3 heteroatoms. The highest BCUT2D eigenvalue weighted by Gasteiger charge is 1.99. The van der Waals surface area contributed by atoms with Crippen LogP contribution in [0.5, 0.6) is 0 Å². The molecule has 0 amide bonds. The van der Waals surface area contributed by atoms with Gasteiger partial charge in [0.1, 0.15) is 5.84 Å². The van der Waals surface area contributed by atoms with Crippen molar-refractivity contribution in [1.82, 2.24) is 5.32 Å². The lowest BCUT2D eigenvalue weighted by molar-refractivity contribution is 0.838. The third-order valence-corrected chi connectivity index (χ3v) is 0.936. The van der Waals surface area contributed by atoms with Gasteiger partial charge in [0.15, 0.2) is 0 Å². The van der Waals surface area contributed by atoms with E-state index in [1.807, 2.05) is 13.8 Å². The maximum atomic E-state index is 5.04. The van der Waals surface area contributed by atoms with Crippen molar-refractivity contribution in [2.75, 3.05) is 0 Å². The highest BCUT2D eigenvalue weighted by Crippen LogP contribution is 1.91. The molecule has 9 heavy (non-hydrogen) atoms. The normalized spacial score (nSPS) is 11.7. The van der Waals surface area contributed by atoms with Crippen LogP contribution < -0.4 is 11.2 Å². The van der Waals surface area contributed by atoms with Gasteiger partial charge in [0.25, 0.3) is 0 Å². The Hall–Kier alpha value is -0.990. The Bertz CT molecular complexity index is 115. The number of hydrogen-bond donors (Lipinski definition) is 2. The summed E-state index contributed by atoms with van der Waals surface area (Å²) in [5, 5.41) is 6.33. The monoisotopic (exact) mass is 127 g/mol. The van der Waals surface area contributed by atoms with Crippen molar-refractivity contribution in [3.63, 3.8) is 0 Å². The minimum Gasteiger partial charge on any atom is -0.349 e. The SMILES string of the molecule is C=CN/C(=N\N)C(C)C. The zero-order chi connectivity index (χ0) is 7.28. The predicted octanol–water partition coefficient (Wildman–Crippen LogP) is 0.648. The maximum Gasteiger partial charge on any atom is 0.128 e. The number of nitrogens with zero attached hydrogens (tertiary/aromatic N) is 1. The summed E-state index contributed by atoms with van der Waals surface area (Å²) in [5.74, 6) is 6.12. The van der Waals surface area contributed by atoms with Crippen molar-refractivity contribution >= 4 is 5.84 Å². The Kier molecular flexibility index (Phi) is 3.51. The van der Waals surface area contributed by atoms with Crippen molar-refractivity contribution in [1.29, 1.82) is 0 Å². The van der Waals surface area contributed by atoms with Crippen LogP contribution in [0.2, 0.25) is 0 Å². The third kappa shape index (κ3) is 2.74. The molecule has 0 saturated carbocycles. The fraction of sp³-hybridized carbons (Fsp3) is 0.500. The van der Waals surface area contributed by atoms with Gasteiger partial charge in [-0.1, -0.05) is 20.4 Å². The van der Waals surface area contributed by atoms with E-state index in [2.05, 4.69) is 17.0 Å². The van der Waals surface area contributed by atoms with Gasteiger partial charge in [-0.05, 0) is 6.20 Å². The topological polar surface area (TPSA) is 50.4 Å². The van der Waals surface area contributed by atoms with E-state index >= 15 is 0 Å². The highest BCUT2D eigenvalue weighted by atomic mass is 15.2. The van der Waals surface area contributed by atoms with E-state index in [9.17, 15) is 0 Å². The fourth-order valence-corrected chi connectivity index (χ4v) is 0.458. The van der Waals surface area contributed by atoms with E-state index in [1.54, 1.807) is 6.20 Å². The number of hydrogen-bond acceptors (Lipinski definition) is 2. The molecule has 0 atom stereocenters. The molecule has 0 unspecified atom stereocenters. The summed E-state index contributed by atoms with van der Waals surface area (Å²) in [5.41, 5.74) is 0. The van der Waals surface area contributed by atoms with Crippen molar-refractivity contribution in [2.45, 2.75) is 13.8 Å². The van der Waals surface area contributed by atoms with Crippen LogP contribution in [-0.2, 0) is 0 Å². The van der Waals surface area contributed by atoms with Gasteiger partial charge in [-0.15, -0.1) is 0 Å². The van der Waals surface area contributed by atoms with Crippen LogP contribution in [0.15, 0.2) is 17.9 Å². The van der Waals surface area contributed by atoms with E-state index in [1.165, 1.54) is 0 Å². The second-order valence-electron chi connectivity index (χ2n) is 2.02. The zero-order valence-electron chi connectivity index (χ0n) is 5.89. The molecule has 0 fully saturated rings. The van der Waals surface area contributed by atoms with E-state index < -0.39 is 0 Å². The molecular formula is C6H13N3. The molecule has 0 aromatic heterocycles. The van der Waals surface area contributed by atoms with Gasteiger partial charge in [0.2, 0.25) is 0 Å². The smallest absolute Gasteiger partial charge is 0.128 e. The minimum absolute atomic E-state index is 0.327. The van der Waals surface area contributed by atoms with Crippen LogP contribution in [0.1, 0.15) is 13.8 Å². The van der Waals surface area contributed by atoms with Crippen LogP contribution in [0.25, 0.3) is 0 Å². The average molecular weight is 127 g/mol. The lowest BCUT2D eigenvalue weighted by atomic mass is 10.2. The summed E-state index contributed by atoms with van der Waals surface area (Å²) in [4.78, 5) is 0. The first-order valence-electron chi connectivity index (χ1n) is 2.87. The van der Waals surface area contributed by atoms with Crippen molar-refractivity contribution in [2.24, 2.45) is 16.9 Å². The Balaban J connectivity index is 3.84. The first-order chi connectivity index (χ1) is 4.22. The van der Waals surface area contributed by atoms with Crippen molar-refractivity contribution < 1.29 is 0 Å². The van der Waals surface area contributed by atoms with Gasteiger partial charge < -0.3 is 11.2 Å². The number of hydrazone groups is 1. The third-order valence-electron chi connectivity index (χ3n) is 0.936. The maximum absolute atomic E-state index is 5.04. The second kappa shape index (κ2) is 3.95. The Morgan fingerprint density at radius 3 is 2.44 bits per heavy atom. The number of rotatable bonds is 2. The standard InChI is InChI=1S/C6H13N3/c1-4-8-6(9-7)5(2)3/h4-5H,1,7H2,2-3H3,(H,8,9). The van der Waals surface area contributed by atoms with Gasteiger partial charge in [0.05, 0.1) is 0 Å². The summed E-state index contributed by atoms with van der Waals surface area (Å²) >= 11 is 0. The zero-order valence-corrected chi connectivity index (χ0v) is 5.89. The average Bonchev–Trinajstić information content (AvgIpc) is 1.82. The number of amidine groups is 1. The molecule has 0 aliphatic rings. The molecule has 52 valence electrons. The van der Waals surface area contributed by atoms with Crippen LogP contribution >= 0.6 is 0 Å². The largest absolute Gasteiger partial charge is 0.349 e. The summed E-state index contributed by atoms with van der Waals surface area (Å²) in [7, 11) is 0. The summed E-state index contributed by atoms with van der Waals surface area (Å²) in [6.07, 6.45) is 1.56. The van der Waals surface area contributed by atoms with Crippen LogP contribution in [-0.4, -0.2) is 5.84 Å². The Labute approximate surface area is 55.6 Å². The number of nitrogens with two attached hydrogens (primary N) is 1. The molecule has 0 bridgehead atoms. The molecule has 0 heterocycles.